The molecule has 10 nitrogen and oxygen atoms in total. The maximum atomic E-state index is 13.1. The van der Waals surface area contributed by atoms with E-state index in [0.717, 1.165) is 31.6 Å². The van der Waals surface area contributed by atoms with Gasteiger partial charge in [-0.25, -0.2) is 4.79 Å². The zero-order valence-electron chi connectivity index (χ0n) is 26.5. The number of hydrogen-bond acceptors (Lipinski definition) is 9. The third kappa shape index (κ3) is 8.64. The van der Waals surface area contributed by atoms with Crippen LogP contribution in [0.25, 0.3) is 0 Å². The molecule has 3 aliphatic rings. The van der Waals surface area contributed by atoms with Crippen molar-refractivity contribution in [2.24, 2.45) is 28.9 Å². The van der Waals surface area contributed by atoms with Crippen molar-refractivity contribution in [3.8, 4) is 0 Å². The molecular weight excluding hydrogens is 558 g/mol. The minimum absolute atomic E-state index is 0.0231. The molecule has 8 atom stereocenters. The molecular formula is C31H53N3O7S. The van der Waals surface area contributed by atoms with E-state index in [4.69, 9.17) is 24.7 Å². The van der Waals surface area contributed by atoms with Crippen LogP contribution in [0.15, 0.2) is 11.6 Å². The van der Waals surface area contributed by atoms with E-state index in [1.165, 1.54) is 12.0 Å². The van der Waals surface area contributed by atoms with Crippen LogP contribution in [0.3, 0.4) is 0 Å². The van der Waals surface area contributed by atoms with Crippen molar-refractivity contribution in [2.75, 3.05) is 38.9 Å². The first kappa shape index (κ1) is 34.7. The van der Waals surface area contributed by atoms with Crippen LogP contribution in [0.1, 0.15) is 73.1 Å². The van der Waals surface area contributed by atoms with Crippen LogP contribution in [0.2, 0.25) is 0 Å². The summed E-state index contributed by atoms with van der Waals surface area (Å²) < 4.78 is 23.6. The Morgan fingerprint density at radius 2 is 1.90 bits per heavy atom. The first-order chi connectivity index (χ1) is 19.9. The number of carbonyl (C=O) groups excluding carboxylic acids is 3. The van der Waals surface area contributed by atoms with E-state index in [1.807, 2.05) is 20.1 Å². The lowest BCUT2D eigenvalue weighted by Crippen LogP contribution is -2.61. The van der Waals surface area contributed by atoms with Crippen molar-refractivity contribution in [1.29, 1.82) is 0 Å². The zero-order chi connectivity index (χ0) is 31.1. The highest BCUT2D eigenvalue weighted by Gasteiger charge is 2.67. The van der Waals surface area contributed by atoms with E-state index >= 15 is 0 Å². The summed E-state index contributed by atoms with van der Waals surface area (Å²) in [6.07, 6.45) is 8.37. The van der Waals surface area contributed by atoms with Crippen LogP contribution < -0.4 is 16.4 Å². The molecule has 4 N–H and O–H groups in total. The average Bonchev–Trinajstić information content (AvgIpc) is 3.71. The molecule has 1 spiro atoms. The molecule has 0 aromatic rings. The Balaban J connectivity index is 1.55. The van der Waals surface area contributed by atoms with Gasteiger partial charge in [0, 0.05) is 13.0 Å². The van der Waals surface area contributed by atoms with E-state index in [0.29, 0.717) is 18.8 Å². The smallest absolute Gasteiger partial charge is 0.407 e. The SMILES string of the molecule is CO[C@@H]1[C@H](OC(=O)N[C@@H](COC(=O)CNC(=O)[C@@H](N)CCSC)C(C)C)CC[C@]2(CO2)[C@H]1[C@@]1(C)CC[C@@H]1CC=C(C)C. The monoisotopic (exact) mass is 611 g/mol. The van der Waals surface area contributed by atoms with Gasteiger partial charge in [-0.05, 0) is 81.6 Å². The first-order valence-corrected chi connectivity index (χ1v) is 16.7. The average molecular weight is 612 g/mol. The highest BCUT2D eigenvalue weighted by Crippen LogP contribution is 2.63. The van der Waals surface area contributed by atoms with E-state index in [-0.39, 0.29) is 48.0 Å². The van der Waals surface area contributed by atoms with Gasteiger partial charge in [0.15, 0.2) is 0 Å². The number of thioether (sulfide) groups is 1. The lowest BCUT2D eigenvalue weighted by molar-refractivity contribution is -0.171. The van der Waals surface area contributed by atoms with Gasteiger partial charge in [0.2, 0.25) is 5.91 Å². The molecule has 3 fully saturated rings. The Bertz CT molecular complexity index is 968. The van der Waals surface area contributed by atoms with Crippen LogP contribution in [-0.2, 0) is 28.5 Å². The summed E-state index contributed by atoms with van der Waals surface area (Å²) in [7, 11) is 1.70. The quantitative estimate of drug-likeness (QED) is 0.143. The predicted molar refractivity (Wildman–Crippen MR) is 164 cm³/mol. The fourth-order valence-corrected chi connectivity index (χ4v) is 7.12. The Labute approximate surface area is 255 Å². The molecule has 42 heavy (non-hydrogen) atoms. The number of esters is 1. The van der Waals surface area contributed by atoms with Crippen molar-refractivity contribution in [1.82, 2.24) is 10.6 Å². The molecule has 3 rings (SSSR count). The van der Waals surface area contributed by atoms with E-state index in [2.05, 4.69) is 37.5 Å². The number of epoxide rings is 1. The number of alkyl carbamates (subject to hydrolysis) is 1. The van der Waals surface area contributed by atoms with Gasteiger partial charge in [-0.3, -0.25) is 9.59 Å². The first-order valence-electron chi connectivity index (χ1n) is 15.3. The fourth-order valence-electron chi connectivity index (χ4n) is 6.63. The molecule has 1 aliphatic heterocycles. The Hall–Kier alpha value is -1.82. The van der Waals surface area contributed by atoms with Crippen LogP contribution >= 0.6 is 11.8 Å². The molecule has 2 saturated carbocycles. The van der Waals surface area contributed by atoms with E-state index in [1.54, 1.807) is 18.9 Å². The summed E-state index contributed by atoms with van der Waals surface area (Å²) in [4.78, 5) is 37.5. The molecule has 0 unspecified atom stereocenters. The van der Waals surface area contributed by atoms with Crippen LogP contribution in [-0.4, -0.2) is 86.7 Å². The molecule has 0 radical (unpaired) electrons. The molecule has 2 aliphatic carbocycles. The van der Waals surface area contributed by atoms with E-state index in [9.17, 15) is 14.4 Å². The van der Waals surface area contributed by atoms with Crippen molar-refractivity contribution in [3.63, 3.8) is 0 Å². The second kappa shape index (κ2) is 15.3. The highest BCUT2D eigenvalue weighted by molar-refractivity contribution is 7.98. The molecule has 2 amide bonds. The third-order valence-electron chi connectivity index (χ3n) is 9.55. The number of nitrogens with one attached hydrogen (secondary N) is 2. The summed E-state index contributed by atoms with van der Waals surface area (Å²) >= 11 is 1.60. The van der Waals surface area contributed by atoms with Gasteiger partial charge >= 0.3 is 12.1 Å². The van der Waals surface area contributed by atoms with Gasteiger partial charge in [-0.15, -0.1) is 0 Å². The molecule has 0 aromatic carbocycles. The van der Waals surface area contributed by atoms with Crippen molar-refractivity contribution in [2.45, 2.75) is 103 Å². The van der Waals surface area contributed by atoms with Crippen LogP contribution in [0.4, 0.5) is 4.79 Å². The van der Waals surface area contributed by atoms with Gasteiger partial charge in [0.05, 0.1) is 24.3 Å². The summed E-state index contributed by atoms with van der Waals surface area (Å²) in [6.45, 7) is 10.9. The predicted octanol–water partition coefficient (Wildman–Crippen LogP) is 3.81. The Morgan fingerprint density at radius 3 is 2.45 bits per heavy atom. The summed E-state index contributed by atoms with van der Waals surface area (Å²) in [5, 5.41) is 5.40. The number of rotatable bonds is 15. The van der Waals surface area contributed by atoms with Crippen molar-refractivity contribution in [3.05, 3.63) is 11.6 Å². The maximum absolute atomic E-state index is 13.1. The normalized spacial score (nSPS) is 31.5. The molecule has 11 heteroatoms. The fraction of sp³-hybridized carbons (Fsp3) is 0.839. The van der Waals surface area contributed by atoms with Gasteiger partial charge < -0.3 is 35.3 Å². The van der Waals surface area contributed by atoms with Crippen LogP contribution in [0, 0.1) is 23.2 Å². The second-order valence-electron chi connectivity index (χ2n) is 13.1. The molecule has 1 heterocycles. The minimum atomic E-state index is -0.670. The maximum Gasteiger partial charge on any atom is 0.407 e. The lowest BCUT2D eigenvalue weighted by atomic mass is 9.48. The third-order valence-corrected chi connectivity index (χ3v) is 10.2. The number of nitrogens with two attached hydrogens (primary N) is 1. The Kier molecular flexibility index (Phi) is 12.6. The number of methoxy groups -OCH3 is 1. The van der Waals surface area contributed by atoms with Gasteiger partial charge in [-0.2, -0.15) is 11.8 Å². The van der Waals surface area contributed by atoms with Crippen molar-refractivity contribution < 1.29 is 33.3 Å². The lowest BCUT2D eigenvalue weighted by Gasteiger charge is -2.58. The number of allylic oxidation sites excluding steroid dienone is 2. The zero-order valence-corrected chi connectivity index (χ0v) is 27.3. The Morgan fingerprint density at radius 1 is 1.19 bits per heavy atom. The largest absolute Gasteiger partial charge is 0.462 e. The second-order valence-corrected chi connectivity index (χ2v) is 14.0. The molecule has 1 saturated heterocycles. The van der Waals surface area contributed by atoms with Crippen molar-refractivity contribution >= 4 is 29.7 Å². The summed E-state index contributed by atoms with van der Waals surface area (Å²) in [5.74, 6) is 0.427. The van der Waals surface area contributed by atoms with Gasteiger partial charge in [0.25, 0.3) is 0 Å². The summed E-state index contributed by atoms with van der Waals surface area (Å²) in [6, 6.07) is -1.13. The minimum Gasteiger partial charge on any atom is -0.462 e. The number of amides is 2. The number of ether oxygens (including phenoxy) is 4. The number of hydrogen-bond donors (Lipinski definition) is 3. The van der Waals surface area contributed by atoms with Gasteiger partial charge in [-0.1, -0.05) is 32.4 Å². The van der Waals surface area contributed by atoms with E-state index < -0.39 is 30.3 Å². The summed E-state index contributed by atoms with van der Waals surface area (Å²) in [5.41, 5.74) is 7.02. The van der Waals surface area contributed by atoms with Crippen LogP contribution in [0.5, 0.6) is 0 Å². The molecule has 0 aromatic heterocycles. The molecule has 0 bridgehead atoms. The number of carbonyl (C=O) groups is 3. The highest BCUT2D eigenvalue weighted by atomic mass is 32.2. The topological polar surface area (TPSA) is 142 Å². The standard InChI is InChI=1S/C31H53N3O7S/c1-19(2)8-9-21-10-13-30(21,5)27-26(38-6)24(11-14-31(27)18-40-31)41-29(37)34-23(20(3)4)17-39-25(35)16-33-28(36)22(32)12-15-42-7/h8,20-24,26-27H,9-18,32H2,1-7H3,(H,33,36)(H,34,37)/t21-,22-,23-,24+,26+,27+,30-,31-/m0/s1. The van der Waals surface area contributed by atoms with Gasteiger partial charge in [0.1, 0.15) is 25.4 Å². The molecule has 240 valence electrons.